The van der Waals surface area contributed by atoms with Crippen molar-refractivity contribution < 1.29 is 18.4 Å². The Bertz CT molecular complexity index is 1670. The molecular weight excluding hydrogens is 610 g/mol. The van der Waals surface area contributed by atoms with Crippen molar-refractivity contribution in [1.82, 2.24) is 30.4 Å². The summed E-state index contributed by atoms with van der Waals surface area (Å²) >= 11 is 5.75. The van der Waals surface area contributed by atoms with Crippen molar-refractivity contribution in [2.75, 3.05) is 29.0 Å². The van der Waals surface area contributed by atoms with Crippen LogP contribution in [0.4, 0.5) is 37.6 Å². The molecule has 0 spiro atoms. The molecule has 4 aromatic heterocycles. The molecule has 0 aliphatic heterocycles. The van der Waals surface area contributed by atoms with Gasteiger partial charge in [-0.1, -0.05) is 39.3 Å². The van der Waals surface area contributed by atoms with Crippen LogP contribution < -0.4 is 33.2 Å². The lowest BCUT2D eigenvalue weighted by Crippen LogP contribution is -2.19. The van der Waals surface area contributed by atoms with Gasteiger partial charge in [-0.25, -0.2) is 18.7 Å². The molecule has 17 heteroatoms. The van der Waals surface area contributed by atoms with Crippen LogP contribution in [-0.4, -0.2) is 55.3 Å². The average molecular weight is 643 g/mol. The summed E-state index contributed by atoms with van der Waals surface area (Å²) in [5.41, 5.74) is 17.1. The molecule has 0 saturated heterocycles. The summed E-state index contributed by atoms with van der Waals surface area (Å²) in [5.74, 6) is -1.28. The van der Waals surface area contributed by atoms with E-state index in [0.717, 1.165) is 0 Å². The van der Waals surface area contributed by atoms with E-state index in [9.17, 15) is 18.4 Å². The average Bonchev–Trinajstić information content (AvgIpc) is 2.98. The third-order valence-corrected chi connectivity index (χ3v) is 6.03. The van der Waals surface area contributed by atoms with Gasteiger partial charge >= 0.3 is 0 Å². The number of hydrogen-bond acceptors (Lipinski definition) is 12. The summed E-state index contributed by atoms with van der Waals surface area (Å²) in [5, 5.41) is 23.7. The van der Waals surface area contributed by atoms with Gasteiger partial charge in [-0.3, -0.25) is 9.59 Å². The lowest BCUT2D eigenvalue weighted by Gasteiger charge is -2.13. The number of amides is 2. The molecule has 4 rings (SSSR count). The number of rotatable bonds is 11. The van der Waals surface area contributed by atoms with Crippen LogP contribution in [-0.2, 0) is 0 Å². The molecule has 238 valence electrons. The number of carbonyl (C=O) groups is 2. The predicted molar refractivity (Wildman–Crippen MR) is 167 cm³/mol. The summed E-state index contributed by atoms with van der Waals surface area (Å²) in [6.45, 7) is 8.25. The molecule has 14 nitrogen and oxygen atoms in total. The second-order valence-electron chi connectivity index (χ2n) is 10.1. The Labute approximate surface area is 262 Å². The Morgan fingerprint density at radius 1 is 0.756 bits per heavy atom. The fourth-order valence-corrected chi connectivity index (χ4v) is 3.89. The van der Waals surface area contributed by atoms with Crippen molar-refractivity contribution >= 4 is 52.2 Å². The number of hydrogen-bond donors (Lipinski definition) is 6. The van der Waals surface area contributed by atoms with Crippen LogP contribution in [0.25, 0.3) is 0 Å². The smallest absolute Gasteiger partial charge is 0.271 e. The van der Waals surface area contributed by atoms with E-state index in [0.29, 0.717) is 47.6 Å². The second kappa shape index (κ2) is 15.6. The van der Waals surface area contributed by atoms with E-state index < -0.39 is 17.6 Å². The first kappa shape index (κ1) is 34.4. The molecular formula is C28H33ClF2N12O2. The van der Waals surface area contributed by atoms with Crippen molar-refractivity contribution in [3.63, 3.8) is 0 Å². The van der Waals surface area contributed by atoms with E-state index in [4.69, 9.17) is 28.8 Å². The third kappa shape index (κ3) is 9.45. The molecule has 2 amide bonds. The van der Waals surface area contributed by atoms with Crippen LogP contribution in [0.3, 0.4) is 0 Å². The number of pyridine rings is 2. The van der Waals surface area contributed by atoms with Crippen molar-refractivity contribution in [1.29, 1.82) is 0 Å². The number of nitrogens with two attached hydrogens (primary N) is 3. The molecule has 0 aromatic carbocycles. The zero-order valence-corrected chi connectivity index (χ0v) is 25.7. The molecule has 0 bridgehead atoms. The summed E-state index contributed by atoms with van der Waals surface area (Å²) in [4.78, 5) is 31.2. The number of aromatic nitrogens is 6. The SMILES string of the molecule is CC(C)c1nc(Nc2cc(Cl)nnc2C(N)=O)ccc1F.CC(C)c1nc(Nc2cc(NCCN)nnc2C(N)=O)ccc1F. The van der Waals surface area contributed by atoms with Crippen LogP contribution in [0.2, 0.25) is 5.15 Å². The van der Waals surface area contributed by atoms with Gasteiger partial charge in [0, 0.05) is 25.2 Å². The Kier molecular flexibility index (Phi) is 11.9. The van der Waals surface area contributed by atoms with E-state index in [1.165, 1.54) is 30.3 Å². The number of nitrogens with one attached hydrogen (secondary N) is 3. The normalized spacial score (nSPS) is 10.7. The lowest BCUT2D eigenvalue weighted by molar-refractivity contribution is 0.0987. The molecule has 0 radical (unpaired) electrons. The van der Waals surface area contributed by atoms with E-state index >= 15 is 0 Å². The van der Waals surface area contributed by atoms with Crippen molar-refractivity contribution in [3.05, 3.63) is 76.0 Å². The Morgan fingerprint density at radius 2 is 1.22 bits per heavy atom. The minimum absolute atomic E-state index is 0.0366. The molecule has 4 aromatic rings. The number of anilines is 5. The highest BCUT2D eigenvalue weighted by atomic mass is 35.5. The van der Waals surface area contributed by atoms with E-state index in [1.54, 1.807) is 6.07 Å². The molecule has 0 fully saturated rings. The topological polar surface area (TPSA) is 226 Å². The molecule has 4 heterocycles. The summed E-state index contributed by atoms with van der Waals surface area (Å²) in [7, 11) is 0. The minimum atomic E-state index is -0.757. The summed E-state index contributed by atoms with van der Waals surface area (Å²) in [6, 6.07) is 8.50. The fourth-order valence-electron chi connectivity index (χ4n) is 3.74. The Morgan fingerprint density at radius 3 is 1.67 bits per heavy atom. The van der Waals surface area contributed by atoms with E-state index in [1.807, 2.05) is 27.7 Å². The van der Waals surface area contributed by atoms with Gasteiger partial charge in [-0.05, 0) is 36.1 Å². The first-order valence-electron chi connectivity index (χ1n) is 13.6. The molecule has 0 saturated carbocycles. The quantitative estimate of drug-likeness (QED) is 0.137. The molecule has 45 heavy (non-hydrogen) atoms. The highest BCUT2D eigenvalue weighted by Gasteiger charge is 2.16. The number of primary amides is 2. The molecule has 0 atom stereocenters. The Balaban J connectivity index is 0.000000248. The maximum absolute atomic E-state index is 13.8. The largest absolute Gasteiger partial charge is 0.367 e. The van der Waals surface area contributed by atoms with Gasteiger partial charge in [0.15, 0.2) is 22.4 Å². The number of halogens is 3. The number of nitrogens with zero attached hydrogens (tertiary/aromatic N) is 6. The van der Waals surface area contributed by atoms with Crippen LogP contribution in [0.1, 0.15) is 71.9 Å². The summed E-state index contributed by atoms with van der Waals surface area (Å²) in [6.07, 6.45) is 0. The van der Waals surface area contributed by atoms with Crippen LogP contribution >= 0.6 is 11.6 Å². The van der Waals surface area contributed by atoms with Gasteiger partial charge in [-0.2, -0.15) is 0 Å². The van der Waals surface area contributed by atoms with Gasteiger partial charge in [0.2, 0.25) is 0 Å². The van der Waals surface area contributed by atoms with E-state index in [2.05, 4.69) is 46.3 Å². The van der Waals surface area contributed by atoms with Crippen molar-refractivity contribution in [3.8, 4) is 0 Å². The van der Waals surface area contributed by atoms with Gasteiger partial charge in [-0.15, -0.1) is 20.4 Å². The maximum Gasteiger partial charge on any atom is 0.271 e. The zero-order valence-electron chi connectivity index (χ0n) is 24.9. The van der Waals surface area contributed by atoms with Crippen LogP contribution in [0.5, 0.6) is 0 Å². The molecule has 0 aliphatic carbocycles. The minimum Gasteiger partial charge on any atom is -0.367 e. The van der Waals surface area contributed by atoms with Crippen LogP contribution in [0, 0.1) is 11.6 Å². The van der Waals surface area contributed by atoms with Gasteiger partial charge in [0.05, 0.1) is 22.8 Å². The second-order valence-corrected chi connectivity index (χ2v) is 10.4. The zero-order chi connectivity index (χ0) is 33.3. The monoisotopic (exact) mass is 642 g/mol. The molecule has 9 N–H and O–H groups in total. The van der Waals surface area contributed by atoms with E-state index in [-0.39, 0.29) is 39.9 Å². The number of carbonyl (C=O) groups excluding carboxylic acids is 2. The third-order valence-electron chi connectivity index (χ3n) is 5.84. The standard InChI is InChI=1S/C15H20FN7O.C13H13ClFN5O/c1-8(2)13-9(16)3-4-11(21-13)20-10-7-12(19-6-5-17)22-23-14(10)15(18)24;1-6(2)11-7(15)3-4-10(18-11)17-8-5-9(14)19-20-12(8)13(16)21/h3-4,7-8H,5-6,17H2,1-2H3,(H2,18,24)(H2,19,20,21,22);3-6H,1-2H3,(H2,16,21)(H,17,18,19). The van der Waals surface area contributed by atoms with Crippen molar-refractivity contribution in [2.45, 2.75) is 39.5 Å². The summed E-state index contributed by atoms with van der Waals surface area (Å²) < 4.78 is 27.4. The van der Waals surface area contributed by atoms with Crippen molar-refractivity contribution in [2.24, 2.45) is 17.2 Å². The molecule has 0 aliphatic rings. The highest BCUT2D eigenvalue weighted by molar-refractivity contribution is 6.29. The highest BCUT2D eigenvalue weighted by Crippen LogP contribution is 2.25. The predicted octanol–water partition coefficient (Wildman–Crippen LogP) is 3.98. The van der Waals surface area contributed by atoms with Gasteiger partial charge in [0.25, 0.3) is 11.8 Å². The first-order chi connectivity index (χ1) is 21.3. The van der Waals surface area contributed by atoms with Gasteiger partial charge < -0.3 is 33.2 Å². The first-order valence-corrected chi connectivity index (χ1v) is 14.0. The lowest BCUT2D eigenvalue weighted by atomic mass is 10.1. The van der Waals surface area contributed by atoms with Crippen LogP contribution in [0.15, 0.2) is 36.4 Å². The molecule has 0 unspecified atom stereocenters. The van der Waals surface area contributed by atoms with Gasteiger partial charge in [0.1, 0.15) is 23.3 Å². The fraction of sp³-hybridized carbons (Fsp3) is 0.286. The Hall–Kier alpha value is -5.09. The maximum atomic E-state index is 13.8.